The summed E-state index contributed by atoms with van der Waals surface area (Å²) in [6.07, 6.45) is 4.76. The van der Waals surface area contributed by atoms with Gasteiger partial charge in [-0.05, 0) is 24.5 Å². The molecule has 0 amide bonds. The minimum atomic E-state index is -0.564. The normalized spacial score (nSPS) is 11.0. The third kappa shape index (κ3) is 2.41. The van der Waals surface area contributed by atoms with Crippen LogP contribution < -0.4 is 5.56 Å². The summed E-state index contributed by atoms with van der Waals surface area (Å²) in [6.45, 7) is 0. The van der Waals surface area contributed by atoms with Crippen LogP contribution in [0.4, 0.5) is 4.39 Å². The third-order valence-electron chi connectivity index (χ3n) is 2.99. The predicted molar refractivity (Wildman–Crippen MR) is 81.9 cm³/mol. The van der Waals surface area contributed by atoms with E-state index >= 15 is 0 Å². The molecule has 0 radical (unpaired) electrons. The lowest BCUT2D eigenvalue weighted by atomic mass is 10.2. The molecule has 0 atom stereocenters. The first-order valence-corrected chi connectivity index (χ1v) is 7.59. The first-order valence-electron chi connectivity index (χ1n) is 5.98. The Bertz CT molecular complexity index is 877. The maximum absolute atomic E-state index is 14.0. The lowest BCUT2D eigenvalue weighted by molar-refractivity contribution is 0.616. The number of fused-ring (bicyclic) bond motifs is 1. The molecule has 0 aliphatic rings. The maximum Gasteiger partial charge on any atom is 0.266 e. The van der Waals surface area contributed by atoms with Crippen molar-refractivity contribution in [2.75, 3.05) is 6.26 Å². The van der Waals surface area contributed by atoms with Gasteiger partial charge in [-0.15, -0.1) is 0 Å². The number of halogens is 2. The smallest absolute Gasteiger partial charge is 0.266 e. The van der Waals surface area contributed by atoms with E-state index in [0.717, 1.165) is 0 Å². The molecule has 4 nitrogen and oxygen atoms in total. The molecule has 0 aliphatic carbocycles. The van der Waals surface area contributed by atoms with Gasteiger partial charge in [0, 0.05) is 12.4 Å². The fraction of sp³-hybridized carbons (Fsp3) is 0.0714. The summed E-state index contributed by atoms with van der Waals surface area (Å²) in [5, 5.41) is 1.05. The third-order valence-corrected chi connectivity index (χ3v) is 3.85. The molecule has 3 rings (SSSR count). The highest BCUT2D eigenvalue weighted by Crippen LogP contribution is 2.23. The average molecular weight is 322 g/mol. The van der Waals surface area contributed by atoms with Gasteiger partial charge in [-0.25, -0.2) is 14.4 Å². The van der Waals surface area contributed by atoms with Crippen molar-refractivity contribution in [2.24, 2.45) is 0 Å². The Morgan fingerprint density at radius 3 is 2.86 bits per heavy atom. The second-order valence-corrected chi connectivity index (χ2v) is 5.40. The number of hydrogen-bond donors (Lipinski definition) is 0. The zero-order chi connectivity index (χ0) is 15.0. The molecule has 0 bridgehead atoms. The van der Waals surface area contributed by atoms with E-state index in [9.17, 15) is 9.18 Å². The monoisotopic (exact) mass is 321 g/mol. The molecule has 2 heterocycles. The van der Waals surface area contributed by atoms with Gasteiger partial charge in [-0.1, -0.05) is 29.4 Å². The van der Waals surface area contributed by atoms with Crippen LogP contribution in [0.2, 0.25) is 5.02 Å². The lowest BCUT2D eigenvalue weighted by Gasteiger charge is -2.10. The summed E-state index contributed by atoms with van der Waals surface area (Å²) in [7, 11) is 0. The fourth-order valence-corrected chi connectivity index (χ4v) is 2.61. The molecule has 2 aromatic heterocycles. The Balaban J connectivity index is 2.31. The first kappa shape index (κ1) is 14.0. The summed E-state index contributed by atoms with van der Waals surface area (Å²) >= 11 is 7.38. The van der Waals surface area contributed by atoms with E-state index in [4.69, 9.17) is 11.6 Å². The van der Waals surface area contributed by atoms with Crippen molar-refractivity contribution >= 4 is 34.3 Å². The van der Waals surface area contributed by atoms with Crippen molar-refractivity contribution in [2.45, 2.75) is 5.16 Å². The van der Waals surface area contributed by atoms with Crippen molar-refractivity contribution in [3.63, 3.8) is 0 Å². The topological polar surface area (TPSA) is 47.8 Å². The molecule has 0 saturated carbocycles. The van der Waals surface area contributed by atoms with Gasteiger partial charge < -0.3 is 0 Å². The number of para-hydroxylation sites is 1. The number of rotatable bonds is 2. The zero-order valence-electron chi connectivity index (χ0n) is 10.9. The molecule has 0 fully saturated rings. The summed E-state index contributed by atoms with van der Waals surface area (Å²) < 4.78 is 15.1. The number of nitrogens with zero attached hydrogens (tertiary/aromatic N) is 3. The van der Waals surface area contributed by atoms with Gasteiger partial charge in [0.2, 0.25) is 0 Å². The van der Waals surface area contributed by atoms with Gasteiger partial charge >= 0.3 is 0 Å². The summed E-state index contributed by atoms with van der Waals surface area (Å²) in [5.74, 6) is -0.564. The predicted octanol–water partition coefficient (Wildman–Crippen LogP) is 3.30. The highest BCUT2D eigenvalue weighted by molar-refractivity contribution is 7.98. The van der Waals surface area contributed by atoms with Crippen LogP contribution in [0.5, 0.6) is 0 Å². The molecule has 0 unspecified atom stereocenters. The summed E-state index contributed by atoms with van der Waals surface area (Å²) in [5.41, 5.74) is 0.134. The molecule has 0 N–H and O–H groups in total. The van der Waals surface area contributed by atoms with Crippen LogP contribution in [-0.4, -0.2) is 20.8 Å². The Hall–Kier alpha value is -1.92. The second-order valence-electron chi connectivity index (χ2n) is 4.22. The highest BCUT2D eigenvalue weighted by atomic mass is 35.5. The maximum atomic E-state index is 14.0. The molecule has 3 aromatic rings. The van der Waals surface area contributed by atoms with Gasteiger partial charge in [-0.2, -0.15) is 0 Å². The van der Waals surface area contributed by atoms with Crippen LogP contribution in [-0.2, 0) is 0 Å². The number of aromatic nitrogens is 3. The van der Waals surface area contributed by atoms with E-state index in [-0.39, 0.29) is 10.7 Å². The molecular formula is C14H9ClFN3OS. The number of pyridine rings is 1. The quantitative estimate of drug-likeness (QED) is 0.537. The number of hydrogen-bond acceptors (Lipinski definition) is 4. The van der Waals surface area contributed by atoms with Crippen LogP contribution in [0.25, 0.3) is 16.6 Å². The zero-order valence-corrected chi connectivity index (χ0v) is 12.5. The van der Waals surface area contributed by atoms with Gasteiger partial charge in [-0.3, -0.25) is 9.36 Å². The second kappa shape index (κ2) is 5.46. The Kier molecular flexibility index (Phi) is 3.65. The molecule has 0 saturated heterocycles. The number of benzene rings is 1. The van der Waals surface area contributed by atoms with Crippen LogP contribution >= 0.6 is 23.4 Å². The number of thioether (sulfide) groups is 1. The van der Waals surface area contributed by atoms with E-state index in [1.807, 2.05) is 6.26 Å². The molecular weight excluding hydrogens is 313 g/mol. The average Bonchev–Trinajstić information content (AvgIpc) is 2.49. The van der Waals surface area contributed by atoms with Gasteiger partial charge in [0.05, 0.1) is 15.9 Å². The summed E-state index contributed by atoms with van der Waals surface area (Å²) in [4.78, 5) is 20.8. The van der Waals surface area contributed by atoms with E-state index in [2.05, 4.69) is 9.97 Å². The van der Waals surface area contributed by atoms with Crippen LogP contribution in [0, 0.1) is 5.82 Å². The van der Waals surface area contributed by atoms with Crippen LogP contribution in [0.3, 0.4) is 0 Å². The Morgan fingerprint density at radius 2 is 2.14 bits per heavy atom. The SMILES string of the molecule is CSc1ncc2c(=O)n(-c3c(F)cccc3Cl)ccc2n1. The standard InChI is InChI=1S/C14H9ClFN3OS/c1-21-14-17-7-8-11(18-14)5-6-19(13(8)20)12-9(15)3-2-4-10(12)16/h2-7H,1H3. The van der Waals surface area contributed by atoms with E-state index in [0.29, 0.717) is 16.1 Å². The molecule has 1 aromatic carbocycles. The van der Waals surface area contributed by atoms with Gasteiger partial charge in [0.1, 0.15) is 11.5 Å². The fourth-order valence-electron chi connectivity index (χ4n) is 2.01. The van der Waals surface area contributed by atoms with Gasteiger partial charge in [0.15, 0.2) is 5.16 Å². The highest BCUT2D eigenvalue weighted by Gasteiger charge is 2.13. The molecule has 7 heteroatoms. The van der Waals surface area contributed by atoms with E-state index in [1.54, 1.807) is 6.07 Å². The largest absolute Gasteiger partial charge is 0.279 e. The van der Waals surface area contributed by atoms with Crippen LogP contribution in [0.15, 0.2) is 46.6 Å². The molecule has 0 aliphatic heterocycles. The van der Waals surface area contributed by atoms with E-state index < -0.39 is 11.4 Å². The minimum Gasteiger partial charge on any atom is -0.279 e. The molecule has 0 spiro atoms. The molecule has 106 valence electrons. The minimum absolute atomic E-state index is 0.0278. The van der Waals surface area contributed by atoms with Gasteiger partial charge in [0.25, 0.3) is 5.56 Å². The van der Waals surface area contributed by atoms with Crippen molar-refractivity contribution in [1.29, 1.82) is 0 Å². The summed E-state index contributed by atoms with van der Waals surface area (Å²) in [6, 6.07) is 5.91. The van der Waals surface area contributed by atoms with E-state index in [1.165, 1.54) is 46.9 Å². The van der Waals surface area contributed by atoms with Crippen molar-refractivity contribution in [3.05, 3.63) is 57.9 Å². The Labute approximate surface area is 128 Å². The lowest BCUT2D eigenvalue weighted by Crippen LogP contribution is -2.19. The van der Waals surface area contributed by atoms with Crippen molar-refractivity contribution in [3.8, 4) is 5.69 Å². The van der Waals surface area contributed by atoms with Crippen molar-refractivity contribution < 1.29 is 4.39 Å². The van der Waals surface area contributed by atoms with Crippen molar-refractivity contribution in [1.82, 2.24) is 14.5 Å². The van der Waals surface area contributed by atoms with Crippen LogP contribution in [0.1, 0.15) is 0 Å². The molecule has 21 heavy (non-hydrogen) atoms. The Morgan fingerprint density at radius 1 is 1.33 bits per heavy atom. The first-order chi connectivity index (χ1) is 10.1.